The maximum atomic E-state index is 13.0. The van der Waals surface area contributed by atoms with E-state index in [1.165, 1.54) is 4.90 Å². The van der Waals surface area contributed by atoms with E-state index < -0.39 is 43.0 Å². The van der Waals surface area contributed by atoms with Gasteiger partial charge in [0.2, 0.25) is 0 Å². The molecule has 5 unspecified atom stereocenters. The van der Waals surface area contributed by atoms with Crippen LogP contribution in [0.2, 0.25) is 5.15 Å². The summed E-state index contributed by atoms with van der Waals surface area (Å²) in [5.74, 6) is -0.739. The van der Waals surface area contributed by atoms with Gasteiger partial charge in [-0.05, 0) is 61.1 Å². The van der Waals surface area contributed by atoms with E-state index in [0.29, 0.717) is 38.3 Å². The molecule has 0 fully saturated rings. The fourth-order valence-electron chi connectivity index (χ4n) is 6.08. The van der Waals surface area contributed by atoms with Crippen molar-refractivity contribution < 1.29 is 40.2 Å². The first kappa shape index (κ1) is 45.3. The number of carbonyl (C=O) groups is 2. The number of nitrogens with zero attached hydrogens (tertiary/aromatic N) is 4. The largest absolute Gasteiger partial charge is 0.465 e. The molecule has 304 valence electrons. The molecule has 12 N–H and O–H groups in total. The van der Waals surface area contributed by atoms with Crippen molar-refractivity contribution in [1.29, 1.82) is 0 Å². The van der Waals surface area contributed by atoms with E-state index in [1.54, 1.807) is 12.1 Å². The summed E-state index contributed by atoms with van der Waals surface area (Å²) >= 11 is 5.97. The highest BCUT2D eigenvalue weighted by atomic mass is 35.5. The van der Waals surface area contributed by atoms with Crippen molar-refractivity contribution in [2.45, 2.75) is 76.9 Å². The molecule has 55 heavy (non-hydrogen) atoms. The number of nitrogens with two attached hydrogens (primary N) is 2. The van der Waals surface area contributed by atoms with Crippen LogP contribution in [-0.2, 0) is 13.0 Å². The predicted octanol–water partition coefficient (Wildman–Crippen LogP) is 1.78. The van der Waals surface area contributed by atoms with Crippen molar-refractivity contribution in [3.8, 4) is 0 Å². The summed E-state index contributed by atoms with van der Waals surface area (Å²) in [4.78, 5) is 36.2. The van der Waals surface area contributed by atoms with E-state index in [4.69, 9.17) is 28.2 Å². The lowest BCUT2D eigenvalue weighted by Crippen LogP contribution is -2.50. The summed E-state index contributed by atoms with van der Waals surface area (Å²) in [7, 11) is 0. The number of aliphatic hydroxyl groups is 5. The summed E-state index contributed by atoms with van der Waals surface area (Å²) in [6, 6.07) is 15.1. The molecule has 17 heteroatoms. The molecule has 0 radical (unpaired) electrons. The molecule has 3 aromatic rings. The Hall–Kier alpha value is -4.13. The number of nitrogen functional groups attached to an aromatic ring is 2. The number of hydrogen-bond acceptors (Lipinski definition) is 13. The van der Waals surface area contributed by atoms with Gasteiger partial charge in [0.25, 0.3) is 5.91 Å². The third-order valence-electron chi connectivity index (χ3n) is 9.42. The lowest BCUT2D eigenvalue weighted by Gasteiger charge is -2.31. The van der Waals surface area contributed by atoms with Crippen molar-refractivity contribution in [1.82, 2.24) is 25.5 Å². The number of aryl methyl sites for hydroxylation is 1. The fraction of sp³-hybridized carbons (Fsp3) is 0.526. The number of halogens is 1. The lowest BCUT2D eigenvalue weighted by molar-refractivity contribution is -0.119. The molecule has 1 heterocycles. The van der Waals surface area contributed by atoms with E-state index in [0.717, 1.165) is 42.4 Å². The average molecular weight is 789 g/mol. The van der Waals surface area contributed by atoms with Gasteiger partial charge >= 0.3 is 6.09 Å². The molecular formula is C38H57ClN8O8. The number of aromatic nitrogens is 2. The third-order valence-corrected chi connectivity index (χ3v) is 9.70. The normalized spacial score (nSPS) is 14.3. The number of rotatable bonds is 24. The molecule has 0 spiro atoms. The highest BCUT2D eigenvalue weighted by Gasteiger charge is 2.31. The molecule has 3 rings (SSSR count). The number of nitrogens with one attached hydrogen (secondary N) is 2. The monoisotopic (exact) mass is 788 g/mol. The topological polar surface area (TPSA) is 264 Å². The van der Waals surface area contributed by atoms with Gasteiger partial charge in [0.1, 0.15) is 18.3 Å². The van der Waals surface area contributed by atoms with Crippen LogP contribution in [0.4, 0.5) is 22.1 Å². The van der Waals surface area contributed by atoms with Gasteiger partial charge in [-0.25, -0.2) is 14.8 Å². The van der Waals surface area contributed by atoms with E-state index in [1.807, 2.05) is 48.2 Å². The smallest absolute Gasteiger partial charge is 0.411 e. The van der Waals surface area contributed by atoms with Crippen molar-refractivity contribution in [2.75, 3.05) is 62.2 Å². The Morgan fingerprint density at radius 2 is 1.56 bits per heavy atom. The zero-order chi connectivity index (χ0) is 40.5. The summed E-state index contributed by atoms with van der Waals surface area (Å²) in [5.41, 5.74) is 15.0. The first-order valence-corrected chi connectivity index (χ1v) is 18.9. The quantitative estimate of drug-likeness (QED) is 0.0581. The van der Waals surface area contributed by atoms with Crippen LogP contribution in [0.3, 0.4) is 0 Å². The number of anilines is 3. The molecule has 0 aliphatic rings. The average Bonchev–Trinajstić information content (AvgIpc) is 3.16. The van der Waals surface area contributed by atoms with Crippen molar-refractivity contribution in [2.24, 2.45) is 5.92 Å². The molecule has 0 saturated carbocycles. The molecule has 0 aliphatic carbocycles. The number of carboxylic acid groups (broad SMARTS) is 1. The minimum Gasteiger partial charge on any atom is -0.465 e. The minimum absolute atomic E-state index is 0.0298. The molecule has 0 bridgehead atoms. The van der Waals surface area contributed by atoms with Crippen molar-refractivity contribution in [3.63, 3.8) is 0 Å². The SMILES string of the molecule is CCCCCCN(CCN(C(=O)O)c1ccc(CNCC(CNC(=O)c2nc(Cl)c(N)nc2N)Cc2ccccc2C)cc1)CC(O)C(O)C(O)C(O)CO. The van der Waals surface area contributed by atoms with Gasteiger partial charge in [0, 0.05) is 45.0 Å². The molecule has 0 saturated heterocycles. The Balaban J connectivity index is 1.64. The number of benzene rings is 2. The maximum absolute atomic E-state index is 13.0. The van der Waals surface area contributed by atoms with Crippen molar-refractivity contribution >= 4 is 40.9 Å². The zero-order valence-corrected chi connectivity index (χ0v) is 32.3. The van der Waals surface area contributed by atoms with Gasteiger partial charge < -0.3 is 52.7 Å². The number of aliphatic hydroxyl groups excluding tert-OH is 5. The second-order valence-electron chi connectivity index (χ2n) is 13.7. The maximum Gasteiger partial charge on any atom is 0.411 e. The lowest BCUT2D eigenvalue weighted by atomic mass is 9.95. The first-order chi connectivity index (χ1) is 26.2. The Kier molecular flexibility index (Phi) is 19.0. The van der Waals surface area contributed by atoms with Crippen LogP contribution in [0.25, 0.3) is 0 Å². The van der Waals surface area contributed by atoms with Crippen LogP contribution in [0.5, 0.6) is 0 Å². The fourth-order valence-corrected chi connectivity index (χ4v) is 6.21. The van der Waals surface area contributed by atoms with Gasteiger partial charge in [0.05, 0.1) is 12.7 Å². The Morgan fingerprint density at radius 1 is 0.873 bits per heavy atom. The van der Waals surface area contributed by atoms with Crippen LogP contribution in [0.15, 0.2) is 48.5 Å². The van der Waals surface area contributed by atoms with Crippen LogP contribution in [0, 0.1) is 12.8 Å². The molecule has 0 aliphatic heterocycles. The van der Waals surface area contributed by atoms with E-state index in [2.05, 4.69) is 27.5 Å². The van der Waals surface area contributed by atoms with Crippen LogP contribution >= 0.6 is 11.6 Å². The summed E-state index contributed by atoms with van der Waals surface area (Å²) in [6.45, 7) is 5.38. The van der Waals surface area contributed by atoms with Crippen LogP contribution in [-0.4, -0.2) is 128 Å². The second kappa shape index (κ2) is 23.1. The van der Waals surface area contributed by atoms with Gasteiger partial charge in [-0.15, -0.1) is 0 Å². The number of carbonyl (C=O) groups excluding carboxylic acids is 1. The zero-order valence-electron chi connectivity index (χ0n) is 31.5. The first-order valence-electron chi connectivity index (χ1n) is 18.5. The molecular weight excluding hydrogens is 732 g/mol. The van der Waals surface area contributed by atoms with Gasteiger partial charge in [-0.2, -0.15) is 0 Å². The highest BCUT2D eigenvalue weighted by Crippen LogP contribution is 2.19. The van der Waals surface area contributed by atoms with Gasteiger partial charge in [-0.1, -0.05) is 74.2 Å². The third kappa shape index (κ3) is 14.5. The molecule has 1 aromatic heterocycles. The predicted molar refractivity (Wildman–Crippen MR) is 212 cm³/mol. The Bertz CT molecular complexity index is 1640. The second-order valence-corrected chi connectivity index (χ2v) is 14.1. The van der Waals surface area contributed by atoms with Crippen LogP contribution < -0.4 is 27.0 Å². The standard InChI is InChI=1S/C38H57ClN8O8/c1-3-4-5-8-15-46(22-29(49)32(51)33(52)30(50)23-48)16-17-47(38(54)55)28-13-11-25(12-14-28)19-42-20-26(18-27-10-7-6-9-24(27)2)21-43-37(53)31-35(40)45-36(41)34(39)44-31/h6-7,9-14,26,29-30,32-33,42,48-52H,3-5,8,15-23H2,1-2H3,(H,43,53)(H,54,55)(H4,40,41,45). The van der Waals surface area contributed by atoms with Crippen LogP contribution in [0.1, 0.15) is 59.8 Å². The number of unbranched alkanes of at least 4 members (excludes halogenated alkanes) is 3. The molecule has 2 amide bonds. The Morgan fingerprint density at radius 3 is 2.22 bits per heavy atom. The summed E-state index contributed by atoms with van der Waals surface area (Å²) in [6.07, 6.45) is -3.27. The van der Waals surface area contributed by atoms with Crippen molar-refractivity contribution in [3.05, 3.63) is 76.1 Å². The summed E-state index contributed by atoms with van der Waals surface area (Å²) in [5, 5.41) is 66.2. The van der Waals surface area contributed by atoms with Gasteiger partial charge in [-0.3, -0.25) is 14.6 Å². The number of hydrogen-bond donors (Lipinski definition) is 10. The highest BCUT2D eigenvalue weighted by molar-refractivity contribution is 6.31. The molecule has 5 atom stereocenters. The van der Waals surface area contributed by atoms with E-state index in [-0.39, 0.29) is 48.0 Å². The molecule has 16 nitrogen and oxygen atoms in total. The molecule has 2 aromatic carbocycles. The minimum atomic E-state index is -1.75. The summed E-state index contributed by atoms with van der Waals surface area (Å²) < 4.78 is 0. The number of amides is 2. The van der Waals surface area contributed by atoms with E-state index >= 15 is 0 Å². The Labute approximate surface area is 327 Å². The van der Waals surface area contributed by atoms with E-state index in [9.17, 15) is 35.1 Å². The van der Waals surface area contributed by atoms with Gasteiger partial charge in [0.15, 0.2) is 22.5 Å².